The normalized spacial score (nSPS) is 12.7. The van der Waals surface area contributed by atoms with Gasteiger partial charge in [-0.15, -0.1) is 0 Å². The molecule has 0 radical (unpaired) electrons. The first kappa shape index (κ1) is 34.7. The van der Waals surface area contributed by atoms with Gasteiger partial charge in [0, 0.05) is 44.3 Å². The van der Waals surface area contributed by atoms with Crippen LogP contribution >= 0.6 is 0 Å². The maximum Gasteiger partial charge on any atom is 0.160 e. The monoisotopic (exact) mass is 757 g/mol. The molecule has 1 aliphatic rings. The maximum absolute atomic E-state index is 6.99. The Morgan fingerprint density at radius 3 is 1.80 bits per heavy atom. The van der Waals surface area contributed by atoms with E-state index >= 15 is 0 Å². The Kier molecular flexibility index (Phi) is 8.12. The van der Waals surface area contributed by atoms with Crippen molar-refractivity contribution in [3.8, 4) is 56.2 Å². The van der Waals surface area contributed by atoms with Crippen LogP contribution in [0.2, 0.25) is 0 Å². The quantitative estimate of drug-likeness (QED) is 0.162. The van der Waals surface area contributed by atoms with Crippen LogP contribution in [0.3, 0.4) is 0 Å². The summed E-state index contributed by atoms with van der Waals surface area (Å²) in [6.07, 6.45) is 0. The smallest absolute Gasteiger partial charge is 0.160 e. The predicted octanol–water partition coefficient (Wildman–Crippen LogP) is 14.8. The summed E-state index contributed by atoms with van der Waals surface area (Å²) in [4.78, 5) is 12.6. The van der Waals surface area contributed by atoms with Crippen molar-refractivity contribution in [3.05, 3.63) is 211 Å². The minimum atomic E-state index is -0.153. The number of furan rings is 1. The number of aromatic nitrogens is 2. The predicted molar refractivity (Wildman–Crippen MR) is 243 cm³/mol. The van der Waals surface area contributed by atoms with Gasteiger partial charge >= 0.3 is 0 Å². The number of nitrogens with zero attached hydrogens (tertiary/aromatic N) is 3. The molecule has 11 rings (SSSR count). The molecule has 10 aromatic rings. The van der Waals surface area contributed by atoms with E-state index in [1.54, 1.807) is 0 Å². The van der Waals surface area contributed by atoms with Gasteiger partial charge in [0.25, 0.3) is 0 Å². The van der Waals surface area contributed by atoms with Crippen LogP contribution in [-0.4, -0.2) is 9.97 Å². The third kappa shape index (κ3) is 5.83. The van der Waals surface area contributed by atoms with Gasteiger partial charge in [0.15, 0.2) is 11.4 Å². The Bertz CT molecular complexity index is 3110. The Morgan fingerprint density at radius 1 is 0.441 bits per heavy atom. The summed E-state index contributed by atoms with van der Waals surface area (Å²) in [6.45, 7) is 4.67. The summed E-state index contributed by atoms with van der Waals surface area (Å²) < 4.78 is 6.99. The van der Waals surface area contributed by atoms with E-state index in [1.807, 2.05) is 36.4 Å². The molecule has 4 heteroatoms. The summed E-state index contributed by atoms with van der Waals surface area (Å²) in [5.41, 5.74) is 16.8. The van der Waals surface area contributed by atoms with E-state index in [-0.39, 0.29) is 5.41 Å². The molecule has 280 valence electrons. The van der Waals surface area contributed by atoms with Gasteiger partial charge in [0.05, 0.1) is 17.1 Å². The molecule has 0 fully saturated rings. The third-order valence-electron chi connectivity index (χ3n) is 11.9. The first-order valence-corrected chi connectivity index (χ1v) is 20.2. The van der Waals surface area contributed by atoms with Crippen LogP contribution in [0.15, 0.2) is 205 Å². The van der Waals surface area contributed by atoms with Crippen LogP contribution in [0.1, 0.15) is 25.0 Å². The van der Waals surface area contributed by atoms with Gasteiger partial charge in [0.1, 0.15) is 5.58 Å². The van der Waals surface area contributed by atoms with Crippen molar-refractivity contribution in [2.24, 2.45) is 0 Å². The molecular formula is C55H39N3O. The zero-order valence-electron chi connectivity index (χ0n) is 32.8. The van der Waals surface area contributed by atoms with E-state index in [1.165, 1.54) is 33.4 Å². The van der Waals surface area contributed by atoms with E-state index in [4.69, 9.17) is 14.4 Å². The van der Waals surface area contributed by atoms with Crippen molar-refractivity contribution in [3.63, 3.8) is 0 Å². The highest BCUT2D eigenvalue weighted by molar-refractivity contribution is 6.15. The average Bonchev–Trinajstić information content (AvgIpc) is 3.80. The minimum absolute atomic E-state index is 0.153. The van der Waals surface area contributed by atoms with Crippen LogP contribution in [0.4, 0.5) is 17.1 Å². The highest BCUT2D eigenvalue weighted by Crippen LogP contribution is 2.51. The van der Waals surface area contributed by atoms with Gasteiger partial charge in [-0.1, -0.05) is 172 Å². The van der Waals surface area contributed by atoms with Crippen molar-refractivity contribution in [1.82, 2.24) is 9.97 Å². The van der Waals surface area contributed by atoms with Gasteiger partial charge in [-0.05, 0) is 75.8 Å². The van der Waals surface area contributed by atoms with Crippen molar-refractivity contribution >= 4 is 39.0 Å². The van der Waals surface area contributed by atoms with Gasteiger partial charge in [0.2, 0.25) is 0 Å². The van der Waals surface area contributed by atoms with Crippen LogP contribution < -0.4 is 4.90 Å². The lowest BCUT2D eigenvalue weighted by atomic mass is 9.82. The molecular weight excluding hydrogens is 719 g/mol. The van der Waals surface area contributed by atoms with E-state index in [2.05, 4.69) is 183 Å². The number of hydrogen-bond donors (Lipinski definition) is 0. The second-order valence-electron chi connectivity index (χ2n) is 15.8. The molecule has 2 aromatic heterocycles. The van der Waals surface area contributed by atoms with Crippen LogP contribution in [-0.2, 0) is 5.41 Å². The number of para-hydroxylation sites is 1. The van der Waals surface area contributed by atoms with Gasteiger partial charge in [-0.25, -0.2) is 9.97 Å². The summed E-state index contributed by atoms with van der Waals surface area (Å²) in [5.74, 6) is 0.680. The van der Waals surface area contributed by atoms with Crippen LogP contribution in [0.25, 0.3) is 78.1 Å². The summed E-state index contributed by atoms with van der Waals surface area (Å²) in [5, 5.41) is 2.04. The van der Waals surface area contributed by atoms with Crippen LogP contribution in [0.5, 0.6) is 0 Å². The Morgan fingerprint density at radius 2 is 1.03 bits per heavy atom. The van der Waals surface area contributed by atoms with Gasteiger partial charge in [-0.3, -0.25) is 0 Å². The number of hydrogen-bond acceptors (Lipinski definition) is 4. The average molecular weight is 758 g/mol. The lowest BCUT2D eigenvalue weighted by Crippen LogP contribution is -2.16. The Hall–Kier alpha value is -7.56. The number of rotatable bonds is 7. The summed E-state index contributed by atoms with van der Waals surface area (Å²) >= 11 is 0. The first-order chi connectivity index (χ1) is 29.0. The molecule has 0 saturated heterocycles. The van der Waals surface area contributed by atoms with Crippen molar-refractivity contribution < 1.29 is 4.42 Å². The molecule has 59 heavy (non-hydrogen) atoms. The second kappa shape index (κ2) is 13.8. The maximum atomic E-state index is 6.99. The molecule has 0 aliphatic heterocycles. The Labute approximate surface area is 343 Å². The number of anilines is 3. The molecule has 4 nitrogen and oxygen atoms in total. The Balaban J connectivity index is 1.11. The van der Waals surface area contributed by atoms with Crippen molar-refractivity contribution in [2.45, 2.75) is 19.3 Å². The SMILES string of the molecule is CC1(C)c2ccccc2-c2ccc(N(c3ccc(-c4ccccc4)cc3)c3cccc4c3oc3cccc(-c5cc(-c6ccccc6)nc(-c6ccccc6)n5)c34)cc21. The molecule has 8 aromatic carbocycles. The van der Waals surface area contributed by atoms with Gasteiger partial charge < -0.3 is 9.32 Å². The van der Waals surface area contributed by atoms with Crippen LogP contribution in [0, 0.1) is 0 Å². The third-order valence-corrected chi connectivity index (χ3v) is 11.9. The molecule has 0 N–H and O–H groups in total. The standard InChI is InChI=1S/C55H39N3O/c1-55(2)46-25-13-12-22-42(46)43-33-32-41(34-47(43)55)58(40-30-28-37(29-31-40)36-16-6-3-7-17-36)50-26-14-24-45-52-44(23-15-27-51(52)59-53(45)50)49-35-48(38-18-8-4-9-19-38)56-54(57-49)39-20-10-5-11-21-39/h3-35H,1-2H3. The summed E-state index contributed by atoms with van der Waals surface area (Å²) in [6, 6.07) is 70.5. The number of benzene rings is 8. The highest BCUT2D eigenvalue weighted by Gasteiger charge is 2.36. The van der Waals surface area contributed by atoms with E-state index < -0.39 is 0 Å². The molecule has 0 bridgehead atoms. The molecule has 0 atom stereocenters. The number of fused-ring (bicyclic) bond motifs is 6. The molecule has 0 amide bonds. The molecule has 0 spiro atoms. The summed E-state index contributed by atoms with van der Waals surface area (Å²) in [7, 11) is 0. The van der Waals surface area contributed by atoms with E-state index in [0.29, 0.717) is 5.82 Å². The topological polar surface area (TPSA) is 42.2 Å². The lowest BCUT2D eigenvalue weighted by Gasteiger charge is -2.28. The van der Waals surface area contributed by atoms with Gasteiger partial charge in [-0.2, -0.15) is 0 Å². The fourth-order valence-corrected chi connectivity index (χ4v) is 8.97. The molecule has 1 aliphatic carbocycles. The molecule has 0 unspecified atom stereocenters. The molecule has 0 saturated carbocycles. The second-order valence-corrected chi connectivity index (χ2v) is 15.8. The first-order valence-electron chi connectivity index (χ1n) is 20.2. The largest absolute Gasteiger partial charge is 0.454 e. The van der Waals surface area contributed by atoms with Crippen molar-refractivity contribution in [1.29, 1.82) is 0 Å². The van der Waals surface area contributed by atoms with Crippen molar-refractivity contribution in [2.75, 3.05) is 4.90 Å². The zero-order chi connectivity index (χ0) is 39.5. The zero-order valence-corrected chi connectivity index (χ0v) is 32.8. The van der Waals surface area contributed by atoms with E-state index in [9.17, 15) is 0 Å². The van der Waals surface area contributed by atoms with E-state index in [0.717, 1.165) is 67.1 Å². The lowest BCUT2D eigenvalue weighted by molar-refractivity contribution is 0.660. The minimum Gasteiger partial charge on any atom is -0.454 e. The molecule has 2 heterocycles. The fraction of sp³-hybridized carbons (Fsp3) is 0.0545. The highest BCUT2D eigenvalue weighted by atomic mass is 16.3. The fourth-order valence-electron chi connectivity index (χ4n) is 8.97.